The topological polar surface area (TPSA) is 87.7 Å². The molecule has 0 aromatic heterocycles. The molecule has 1 saturated heterocycles. The minimum Gasteiger partial charge on any atom is -0.379 e. The molecule has 0 saturated carbocycles. The van der Waals surface area contributed by atoms with E-state index in [4.69, 9.17) is 16.3 Å². The molecule has 10 heteroatoms. The summed E-state index contributed by atoms with van der Waals surface area (Å²) in [5, 5.41) is 5.38. The van der Waals surface area contributed by atoms with Crippen molar-refractivity contribution in [2.75, 3.05) is 31.6 Å². The predicted molar refractivity (Wildman–Crippen MR) is 116 cm³/mol. The Hall–Kier alpha value is -1.91. The van der Waals surface area contributed by atoms with E-state index in [9.17, 15) is 13.2 Å². The Balaban J connectivity index is 1.70. The molecule has 29 heavy (non-hydrogen) atoms. The van der Waals surface area contributed by atoms with Crippen molar-refractivity contribution in [1.29, 1.82) is 0 Å². The van der Waals surface area contributed by atoms with E-state index in [1.807, 2.05) is 24.3 Å². The Morgan fingerprint density at radius 2 is 1.90 bits per heavy atom. The van der Waals surface area contributed by atoms with Gasteiger partial charge < -0.3 is 15.4 Å². The van der Waals surface area contributed by atoms with Crippen molar-refractivity contribution < 1.29 is 17.9 Å². The smallest absolute Gasteiger partial charge is 0.323 e. The highest BCUT2D eigenvalue weighted by molar-refractivity contribution is 9.10. The van der Waals surface area contributed by atoms with Gasteiger partial charge in [-0.3, -0.25) is 0 Å². The van der Waals surface area contributed by atoms with Crippen LogP contribution in [-0.4, -0.2) is 45.1 Å². The van der Waals surface area contributed by atoms with Crippen molar-refractivity contribution in [3.63, 3.8) is 0 Å². The van der Waals surface area contributed by atoms with Gasteiger partial charge in [-0.25, -0.2) is 13.2 Å². The van der Waals surface area contributed by atoms with Crippen LogP contribution in [0.3, 0.4) is 0 Å². The number of carbonyl (C=O) groups excluding carboxylic acids is 1. The van der Waals surface area contributed by atoms with E-state index < -0.39 is 16.1 Å². The summed E-state index contributed by atoms with van der Waals surface area (Å²) in [4.78, 5) is 12.2. The molecule has 154 valence electrons. The Morgan fingerprint density at radius 3 is 2.62 bits per heavy atom. The molecule has 3 rings (SSSR count). The number of ether oxygens (including phenoxy) is 1. The highest BCUT2D eigenvalue weighted by Crippen LogP contribution is 2.27. The summed E-state index contributed by atoms with van der Waals surface area (Å²) in [6, 6.07) is 11.2. The number of carbonyl (C=O) groups is 1. The van der Waals surface area contributed by atoms with E-state index in [0.717, 1.165) is 10.0 Å². The van der Waals surface area contributed by atoms with Crippen LogP contribution < -0.4 is 10.6 Å². The molecule has 2 N–H and O–H groups in total. The van der Waals surface area contributed by atoms with Gasteiger partial charge in [0.15, 0.2) is 0 Å². The quantitative estimate of drug-likeness (QED) is 0.651. The Morgan fingerprint density at radius 1 is 1.17 bits per heavy atom. The number of amides is 2. The first-order valence-electron chi connectivity index (χ1n) is 8.74. The van der Waals surface area contributed by atoms with Crippen molar-refractivity contribution in [2.45, 2.75) is 4.90 Å². The summed E-state index contributed by atoms with van der Waals surface area (Å²) in [5.74, 6) is 0. The molecule has 2 aromatic carbocycles. The van der Waals surface area contributed by atoms with E-state index >= 15 is 0 Å². The molecule has 1 heterocycles. The van der Waals surface area contributed by atoms with Crippen LogP contribution in [0.5, 0.6) is 0 Å². The first-order valence-corrected chi connectivity index (χ1v) is 11.3. The maximum absolute atomic E-state index is 12.8. The van der Waals surface area contributed by atoms with E-state index in [1.54, 1.807) is 6.08 Å². The summed E-state index contributed by atoms with van der Waals surface area (Å²) in [5.41, 5.74) is 1.09. The van der Waals surface area contributed by atoms with Crippen LogP contribution in [0.2, 0.25) is 5.02 Å². The van der Waals surface area contributed by atoms with Crippen molar-refractivity contribution in [3.05, 3.63) is 63.7 Å². The Labute approximate surface area is 182 Å². The summed E-state index contributed by atoms with van der Waals surface area (Å²) in [6.45, 7) is 1.27. The molecule has 0 unspecified atom stereocenters. The second-order valence-electron chi connectivity index (χ2n) is 6.11. The van der Waals surface area contributed by atoms with Crippen molar-refractivity contribution in [1.82, 2.24) is 9.62 Å². The maximum Gasteiger partial charge on any atom is 0.323 e. The van der Waals surface area contributed by atoms with E-state index in [0.29, 0.717) is 13.2 Å². The molecule has 0 spiro atoms. The molecular weight excluding hydrogens is 482 g/mol. The van der Waals surface area contributed by atoms with E-state index in [1.165, 1.54) is 28.7 Å². The molecule has 0 bridgehead atoms. The van der Waals surface area contributed by atoms with Gasteiger partial charge in [0.05, 0.1) is 28.8 Å². The summed E-state index contributed by atoms with van der Waals surface area (Å²) in [6.07, 6.45) is 3.21. The molecule has 1 aliphatic rings. The largest absolute Gasteiger partial charge is 0.379 e. The molecule has 1 aliphatic heterocycles. The number of nitrogens with zero attached hydrogens (tertiary/aromatic N) is 1. The summed E-state index contributed by atoms with van der Waals surface area (Å²) >= 11 is 9.55. The third kappa shape index (κ3) is 5.58. The fourth-order valence-corrected chi connectivity index (χ4v) is 4.69. The number of sulfonamides is 1. The zero-order valence-corrected chi connectivity index (χ0v) is 18.4. The monoisotopic (exact) mass is 499 g/mol. The van der Waals surface area contributed by atoms with Crippen LogP contribution in [0.1, 0.15) is 5.56 Å². The summed E-state index contributed by atoms with van der Waals surface area (Å²) < 4.78 is 33.0. The first-order chi connectivity index (χ1) is 13.9. The lowest BCUT2D eigenvalue weighted by atomic mass is 10.2. The summed E-state index contributed by atoms with van der Waals surface area (Å²) in [7, 11) is -3.69. The van der Waals surface area contributed by atoms with Crippen LogP contribution in [0.15, 0.2) is 58.0 Å². The van der Waals surface area contributed by atoms with E-state index in [2.05, 4.69) is 26.6 Å². The average Bonchev–Trinajstić information content (AvgIpc) is 2.71. The highest BCUT2D eigenvalue weighted by atomic mass is 79.9. The lowest BCUT2D eigenvalue weighted by Gasteiger charge is -2.26. The second-order valence-corrected chi connectivity index (χ2v) is 9.31. The normalized spacial score (nSPS) is 15.4. The first kappa shape index (κ1) is 21.8. The van der Waals surface area contributed by atoms with Crippen molar-refractivity contribution in [2.24, 2.45) is 0 Å². The van der Waals surface area contributed by atoms with Gasteiger partial charge in [0.25, 0.3) is 0 Å². The number of nitrogens with one attached hydrogen (secondary N) is 2. The second kappa shape index (κ2) is 9.73. The third-order valence-corrected chi connectivity index (χ3v) is 7.12. The predicted octanol–water partition coefficient (Wildman–Crippen LogP) is 3.92. The van der Waals surface area contributed by atoms with Crippen molar-refractivity contribution in [3.8, 4) is 0 Å². The SMILES string of the molecule is O=C(N/C=C/c1ccccc1Br)Nc1cc(S(=O)(=O)N2CCOCC2)ccc1Cl. The maximum atomic E-state index is 12.8. The number of hydrogen-bond acceptors (Lipinski definition) is 4. The minimum absolute atomic E-state index is 0.0582. The number of halogens is 2. The number of hydrogen-bond donors (Lipinski definition) is 2. The fraction of sp³-hybridized carbons (Fsp3) is 0.211. The molecule has 0 aliphatic carbocycles. The van der Waals surface area contributed by atoms with Gasteiger partial charge in [-0.2, -0.15) is 4.31 Å². The average molecular weight is 501 g/mol. The van der Waals surface area contributed by atoms with Gasteiger partial charge in [-0.05, 0) is 35.9 Å². The fourth-order valence-electron chi connectivity index (χ4n) is 2.67. The van der Waals surface area contributed by atoms with Gasteiger partial charge in [-0.1, -0.05) is 45.7 Å². The molecular formula is C19H19BrClN3O4S. The van der Waals surface area contributed by atoms with E-state index in [-0.39, 0.29) is 28.7 Å². The number of urea groups is 1. The molecule has 2 aromatic rings. The van der Waals surface area contributed by atoms with Crippen LogP contribution in [0.4, 0.5) is 10.5 Å². The van der Waals surface area contributed by atoms with Gasteiger partial charge >= 0.3 is 6.03 Å². The van der Waals surface area contributed by atoms with Crippen LogP contribution >= 0.6 is 27.5 Å². The zero-order chi connectivity index (χ0) is 20.9. The molecule has 2 amide bonds. The third-order valence-electron chi connectivity index (χ3n) is 4.18. The van der Waals surface area contributed by atoms with Crippen LogP contribution in [0, 0.1) is 0 Å². The van der Waals surface area contributed by atoms with Gasteiger partial charge in [0.2, 0.25) is 10.0 Å². The Bertz CT molecular complexity index is 1020. The zero-order valence-electron chi connectivity index (χ0n) is 15.3. The molecule has 0 atom stereocenters. The van der Waals surface area contributed by atoms with Crippen molar-refractivity contribution >= 4 is 55.3 Å². The lowest BCUT2D eigenvalue weighted by molar-refractivity contribution is 0.0730. The van der Waals surface area contributed by atoms with Gasteiger partial charge in [-0.15, -0.1) is 0 Å². The lowest BCUT2D eigenvalue weighted by Crippen LogP contribution is -2.40. The number of rotatable bonds is 5. The standard InChI is InChI=1S/C19H19BrClN3O4S/c20-16-4-2-1-3-14(16)7-8-22-19(25)23-18-13-15(5-6-17(18)21)29(26,27)24-9-11-28-12-10-24/h1-8,13H,9-12H2,(H2,22,23,25)/b8-7+. The van der Waals surface area contributed by atoms with Gasteiger partial charge in [0.1, 0.15) is 0 Å². The van der Waals surface area contributed by atoms with Crippen LogP contribution in [0.25, 0.3) is 6.08 Å². The van der Waals surface area contributed by atoms with Gasteiger partial charge in [0, 0.05) is 23.8 Å². The van der Waals surface area contributed by atoms with Crippen LogP contribution in [-0.2, 0) is 14.8 Å². The number of anilines is 1. The number of benzene rings is 2. The molecule has 0 radical (unpaired) electrons. The number of morpholine rings is 1. The molecule has 7 nitrogen and oxygen atoms in total. The Kier molecular flexibility index (Phi) is 7.31. The minimum atomic E-state index is -3.69. The highest BCUT2D eigenvalue weighted by Gasteiger charge is 2.27. The molecule has 1 fully saturated rings.